The molecule has 1 rings (SSSR count). The van der Waals surface area contributed by atoms with Crippen molar-refractivity contribution in [1.29, 1.82) is 0 Å². The highest BCUT2D eigenvalue weighted by Gasteiger charge is 2.23. The molecule has 3 nitrogen and oxygen atoms in total. The van der Waals surface area contributed by atoms with Gasteiger partial charge in [0.05, 0.1) is 4.99 Å². The molecule has 1 aliphatic carbocycles. The molecule has 0 spiro atoms. The second-order valence-corrected chi connectivity index (χ2v) is 6.53. The molecule has 1 saturated carbocycles. The minimum atomic E-state index is -0.297. The van der Waals surface area contributed by atoms with Gasteiger partial charge in [0.15, 0.2) is 0 Å². The number of carbonyl (C=O) groups is 1. The summed E-state index contributed by atoms with van der Waals surface area (Å²) >= 11 is 4.99. The Hall–Kier alpha value is -0.640. The molecule has 0 unspecified atom stereocenters. The van der Waals surface area contributed by atoms with Crippen LogP contribution in [0.3, 0.4) is 0 Å². The third-order valence-corrected chi connectivity index (χ3v) is 4.40. The first-order valence-corrected chi connectivity index (χ1v) is 7.39. The Morgan fingerprint density at radius 1 is 1.28 bits per heavy atom. The first kappa shape index (κ1) is 15.4. The van der Waals surface area contributed by atoms with Crippen LogP contribution in [0.15, 0.2) is 0 Å². The average molecular weight is 270 g/mol. The SMILES string of the molecule is CC(C)(CNC(=O)CC1CCCCCC1)C(N)=S. The Morgan fingerprint density at radius 3 is 2.33 bits per heavy atom. The van der Waals surface area contributed by atoms with Crippen molar-refractivity contribution in [2.75, 3.05) is 6.54 Å². The van der Waals surface area contributed by atoms with Crippen LogP contribution < -0.4 is 11.1 Å². The molecule has 0 atom stereocenters. The van der Waals surface area contributed by atoms with Crippen molar-refractivity contribution in [3.05, 3.63) is 0 Å². The van der Waals surface area contributed by atoms with Crippen molar-refractivity contribution in [3.8, 4) is 0 Å². The van der Waals surface area contributed by atoms with E-state index in [0.29, 0.717) is 23.9 Å². The molecule has 104 valence electrons. The van der Waals surface area contributed by atoms with Crippen molar-refractivity contribution in [3.63, 3.8) is 0 Å². The van der Waals surface area contributed by atoms with Crippen LogP contribution >= 0.6 is 12.2 Å². The van der Waals surface area contributed by atoms with E-state index in [2.05, 4.69) is 5.32 Å². The molecule has 0 aliphatic heterocycles. The van der Waals surface area contributed by atoms with Crippen LogP contribution in [-0.2, 0) is 4.79 Å². The lowest BCUT2D eigenvalue weighted by Gasteiger charge is -2.24. The predicted octanol–water partition coefficient (Wildman–Crippen LogP) is 2.78. The zero-order valence-electron chi connectivity index (χ0n) is 11.6. The smallest absolute Gasteiger partial charge is 0.220 e. The van der Waals surface area contributed by atoms with Gasteiger partial charge in [-0.15, -0.1) is 0 Å². The van der Waals surface area contributed by atoms with E-state index in [4.69, 9.17) is 18.0 Å². The van der Waals surface area contributed by atoms with Crippen LogP contribution in [0.25, 0.3) is 0 Å². The fourth-order valence-electron chi connectivity index (χ4n) is 2.31. The van der Waals surface area contributed by atoms with Gasteiger partial charge in [-0.1, -0.05) is 51.7 Å². The predicted molar refractivity (Wildman–Crippen MR) is 79.4 cm³/mol. The molecule has 0 bridgehead atoms. The van der Waals surface area contributed by atoms with E-state index < -0.39 is 0 Å². The number of amides is 1. The molecule has 0 aromatic rings. The molecular formula is C14H26N2OS. The summed E-state index contributed by atoms with van der Waals surface area (Å²) < 4.78 is 0. The highest BCUT2D eigenvalue weighted by Crippen LogP contribution is 2.25. The average Bonchev–Trinajstić information content (AvgIpc) is 2.55. The number of nitrogens with two attached hydrogens (primary N) is 1. The Morgan fingerprint density at radius 2 is 1.83 bits per heavy atom. The standard InChI is InChI=1S/C14H26N2OS/c1-14(2,13(15)18)10-16-12(17)9-11-7-5-3-4-6-8-11/h11H,3-10H2,1-2H3,(H2,15,18)(H,16,17). The van der Waals surface area contributed by atoms with Crippen molar-refractivity contribution >= 4 is 23.1 Å². The third kappa shape index (κ3) is 5.34. The number of carbonyl (C=O) groups excluding carboxylic acids is 1. The quantitative estimate of drug-likeness (QED) is 0.596. The van der Waals surface area contributed by atoms with Gasteiger partial charge in [-0.05, 0) is 18.8 Å². The zero-order chi connectivity index (χ0) is 13.6. The van der Waals surface area contributed by atoms with Crippen LogP contribution in [0.5, 0.6) is 0 Å². The second kappa shape index (κ2) is 7.07. The molecule has 0 saturated heterocycles. The summed E-state index contributed by atoms with van der Waals surface area (Å²) in [6, 6.07) is 0. The summed E-state index contributed by atoms with van der Waals surface area (Å²) in [4.78, 5) is 12.4. The summed E-state index contributed by atoms with van der Waals surface area (Å²) in [7, 11) is 0. The first-order valence-electron chi connectivity index (χ1n) is 6.98. The molecule has 0 heterocycles. The summed E-state index contributed by atoms with van der Waals surface area (Å²) in [6.45, 7) is 4.45. The molecule has 3 N–H and O–H groups in total. The number of hydrogen-bond donors (Lipinski definition) is 2. The minimum Gasteiger partial charge on any atom is -0.393 e. The highest BCUT2D eigenvalue weighted by molar-refractivity contribution is 7.80. The summed E-state index contributed by atoms with van der Waals surface area (Å²) in [5, 5.41) is 2.97. The third-order valence-electron chi connectivity index (χ3n) is 3.84. The Labute approximate surface area is 116 Å². The number of hydrogen-bond acceptors (Lipinski definition) is 2. The lowest BCUT2D eigenvalue weighted by Crippen LogP contribution is -2.41. The van der Waals surface area contributed by atoms with E-state index in [0.717, 1.165) is 0 Å². The molecular weight excluding hydrogens is 244 g/mol. The van der Waals surface area contributed by atoms with Crippen LogP contribution in [0, 0.1) is 11.3 Å². The summed E-state index contributed by atoms with van der Waals surface area (Å²) in [5.74, 6) is 0.715. The Bertz CT molecular complexity index is 294. The van der Waals surface area contributed by atoms with Gasteiger partial charge in [-0.2, -0.15) is 0 Å². The number of rotatable bonds is 5. The number of nitrogens with one attached hydrogen (secondary N) is 1. The fourth-order valence-corrected chi connectivity index (χ4v) is 2.38. The Kier molecular flexibility index (Phi) is 6.06. The Balaban J connectivity index is 2.30. The van der Waals surface area contributed by atoms with Gasteiger partial charge in [0.2, 0.25) is 5.91 Å². The second-order valence-electron chi connectivity index (χ2n) is 6.09. The van der Waals surface area contributed by atoms with Gasteiger partial charge >= 0.3 is 0 Å². The molecule has 1 fully saturated rings. The summed E-state index contributed by atoms with van der Waals surface area (Å²) in [5.41, 5.74) is 5.34. The van der Waals surface area contributed by atoms with Gasteiger partial charge in [0.25, 0.3) is 0 Å². The van der Waals surface area contributed by atoms with Crippen LogP contribution in [-0.4, -0.2) is 17.4 Å². The fraction of sp³-hybridized carbons (Fsp3) is 0.857. The van der Waals surface area contributed by atoms with Crippen molar-refractivity contribution in [1.82, 2.24) is 5.32 Å². The number of thiocarbonyl (C=S) groups is 1. The van der Waals surface area contributed by atoms with Gasteiger partial charge < -0.3 is 11.1 Å². The minimum absolute atomic E-state index is 0.145. The maximum Gasteiger partial charge on any atom is 0.220 e. The van der Waals surface area contributed by atoms with E-state index in [1.807, 2.05) is 13.8 Å². The van der Waals surface area contributed by atoms with E-state index in [9.17, 15) is 4.79 Å². The molecule has 0 aromatic carbocycles. The van der Waals surface area contributed by atoms with Gasteiger partial charge in [0.1, 0.15) is 0 Å². The maximum absolute atomic E-state index is 11.9. The van der Waals surface area contributed by atoms with Gasteiger partial charge in [-0.3, -0.25) is 4.79 Å². The van der Waals surface area contributed by atoms with Crippen LogP contribution in [0.2, 0.25) is 0 Å². The monoisotopic (exact) mass is 270 g/mol. The van der Waals surface area contributed by atoms with Gasteiger partial charge in [0, 0.05) is 18.4 Å². The van der Waals surface area contributed by atoms with E-state index in [1.54, 1.807) is 0 Å². The normalized spacial score (nSPS) is 18.1. The van der Waals surface area contributed by atoms with Gasteiger partial charge in [-0.25, -0.2) is 0 Å². The molecule has 0 aromatic heterocycles. The summed E-state index contributed by atoms with van der Waals surface area (Å²) in [6.07, 6.45) is 8.26. The molecule has 4 heteroatoms. The maximum atomic E-state index is 11.9. The lowest BCUT2D eigenvalue weighted by molar-refractivity contribution is -0.122. The van der Waals surface area contributed by atoms with Crippen molar-refractivity contribution < 1.29 is 4.79 Å². The molecule has 1 amide bonds. The largest absolute Gasteiger partial charge is 0.393 e. The lowest BCUT2D eigenvalue weighted by atomic mass is 9.92. The zero-order valence-corrected chi connectivity index (χ0v) is 12.4. The molecule has 18 heavy (non-hydrogen) atoms. The van der Waals surface area contributed by atoms with E-state index >= 15 is 0 Å². The topological polar surface area (TPSA) is 55.1 Å². The van der Waals surface area contributed by atoms with Crippen LogP contribution in [0.1, 0.15) is 58.8 Å². The highest BCUT2D eigenvalue weighted by atomic mass is 32.1. The molecule has 0 radical (unpaired) electrons. The van der Waals surface area contributed by atoms with Crippen molar-refractivity contribution in [2.24, 2.45) is 17.1 Å². The van der Waals surface area contributed by atoms with E-state index in [1.165, 1.54) is 38.5 Å². The van der Waals surface area contributed by atoms with Crippen molar-refractivity contribution in [2.45, 2.75) is 58.8 Å². The van der Waals surface area contributed by atoms with E-state index in [-0.39, 0.29) is 11.3 Å². The first-order chi connectivity index (χ1) is 8.42. The van der Waals surface area contributed by atoms with Crippen LogP contribution in [0.4, 0.5) is 0 Å². The molecule has 1 aliphatic rings.